The molecule has 6 nitrogen and oxygen atoms in total. The summed E-state index contributed by atoms with van der Waals surface area (Å²) in [6.07, 6.45) is 5.06. The van der Waals surface area contributed by atoms with Crippen molar-refractivity contribution in [3.8, 4) is 22.3 Å². The maximum Gasteiger partial charge on any atom is 0.234 e. The Balaban J connectivity index is 1.28. The lowest BCUT2D eigenvalue weighted by atomic mass is 9.99. The van der Waals surface area contributed by atoms with Gasteiger partial charge in [-0.05, 0) is 46.9 Å². The van der Waals surface area contributed by atoms with Crippen LogP contribution in [0.4, 0.5) is 5.69 Å². The van der Waals surface area contributed by atoms with Crippen molar-refractivity contribution in [2.45, 2.75) is 13.0 Å². The molecule has 0 saturated carbocycles. The number of amides is 1. The maximum atomic E-state index is 11.6. The smallest absolute Gasteiger partial charge is 0.234 e. The fourth-order valence-electron chi connectivity index (χ4n) is 4.76. The highest BCUT2D eigenvalue weighted by atomic mass is 16.2. The van der Waals surface area contributed by atoms with Gasteiger partial charge in [-0.2, -0.15) is 0 Å². The van der Waals surface area contributed by atoms with E-state index in [9.17, 15) is 4.79 Å². The third-order valence-electron chi connectivity index (χ3n) is 6.47. The van der Waals surface area contributed by atoms with Gasteiger partial charge in [-0.15, -0.1) is 0 Å². The molecule has 6 rings (SSSR count). The Kier molecular flexibility index (Phi) is 4.65. The number of piperazine rings is 1. The van der Waals surface area contributed by atoms with Crippen LogP contribution in [-0.2, 0) is 17.8 Å². The summed E-state index contributed by atoms with van der Waals surface area (Å²) in [6.45, 7) is 3.89. The zero-order valence-electron chi connectivity index (χ0n) is 17.8. The number of hydrogen-bond donors (Lipinski definition) is 3. The quantitative estimate of drug-likeness (QED) is 0.467. The molecule has 0 atom stereocenters. The second-order valence-corrected chi connectivity index (χ2v) is 8.63. The van der Waals surface area contributed by atoms with Crippen molar-refractivity contribution < 1.29 is 4.79 Å². The Hall–Kier alpha value is -3.64. The Bertz CT molecular complexity index is 1310. The molecule has 0 unspecified atom stereocenters. The first-order valence-electron chi connectivity index (χ1n) is 11.2. The van der Waals surface area contributed by atoms with Gasteiger partial charge in [0.15, 0.2) is 0 Å². The van der Waals surface area contributed by atoms with E-state index in [-0.39, 0.29) is 5.91 Å². The second kappa shape index (κ2) is 7.80. The summed E-state index contributed by atoms with van der Waals surface area (Å²) in [4.78, 5) is 21.8. The third-order valence-corrected chi connectivity index (χ3v) is 6.47. The molecule has 6 heteroatoms. The Morgan fingerprint density at radius 2 is 1.81 bits per heavy atom. The molecule has 0 radical (unpaired) electrons. The minimum Gasteiger partial charge on any atom is -0.384 e. The van der Waals surface area contributed by atoms with Gasteiger partial charge < -0.3 is 15.6 Å². The number of rotatable bonds is 4. The van der Waals surface area contributed by atoms with Crippen molar-refractivity contribution in [2.75, 3.05) is 31.5 Å². The lowest BCUT2D eigenvalue weighted by molar-refractivity contribution is -0.124. The number of nitrogens with one attached hydrogen (secondary N) is 3. The van der Waals surface area contributed by atoms with Crippen LogP contribution in [0.5, 0.6) is 0 Å². The van der Waals surface area contributed by atoms with Gasteiger partial charge in [0.1, 0.15) is 5.65 Å². The number of fused-ring (bicyclic) bond motifs is 2. The minimum absolute atomic E-state index is 0.106. The fraction of sp³-hybridized carbons (Fsp3) is 0.231. The molecule has 1 amide bonds. The Morgan fingerprint density at radius 3 is 2.69 bits per heavy atom. The lowest BCUT2D eigenvalue weighted by Gasteiger charge is -2.26. The predicted octanol–water partition coefficient (Wildman–Crippen LogP) is 3.80. The van der Waals surface area contributed by atoms with Gasteiger partial charge in [0, 0.05) is 60.8 Å². The number of aromatic amines is 1. The van der Waals surface area contributed by atoms with Crippen molar-refractivity contribution in [2.24, 2.45) is 0 Å². The highest BCUT2D eigenvalue weighted by Gasteiger charge is 2.16. The monoisotopic (exact) mass is 423 g/mol. The van der Waals surface area contributed by atoms with Crippen LogP contribution in [-0.4, -0.2) is 47.0 Å². The molecule has 2 aliphatic rings. The molecule has 2 aliphatic heterocycles. The van der Waals surface area contributed by atoms with Crippen molar-refractivity contribution in [1.82, 2.24) is 20.2 Å². The molecule has 2 aromatic heterocycles. The van der Waals surface area contributed by atoms with E-state index in [0.29, 0.717) is 6.54 Å². The van der Waals surface area contributed by atoms with E-state index >= 15 is 0 Å². The van der Waals surface area contributed by atoms with E-state index in [1.54, 1.807) is 0 Å². The van der Waals surface area contributed by atoms with Crippen molar-refractivity contribution in [3.05, 3.63) is 72.1 Å². The Morgan fingerprint density at radius 1 is 0.938 bits per heavy atom. The SMILES string of the molecule is O=C1CN(Cc2ccc(-c3cnc4[nH]cc(-c5ccc6c(c5)CCN6)c4c3)cc2)CCN1. The number of carbonyl (C=O) groups excluding carboxylic acids is 1. The number of carbonyl (C=O) groups is 1. The van der Waals surface area contributed by atoms with Crippen molar-refractivity contribution in [1.29, 1.82) is 0 Å². The predicted molar refractivity (Wildman–Crippen MR) is 127 cm³/mol. The zero-order chi connectivity index (χ0) is 21.5. The average Bonchev–Trinajstić information content (AvgIpc) is 3.45. The van der Waals surface area contributed by atoms with Gasteiger partial charge in [-0.3, -0.25) is 9.69 Å². The second-order valence-electron chi connectivity index (χ2n) is 8.63. The van der Waals surface area contributed by atoms with E-state index in [0.717, 1.165) is 54.8 Å². The van der Waals surface area contributed by atoms with Crippen molar-refractivity contribution in [3.63, 3.8) is 0 Å². The summed E-state index contributed by atoms with van der Waals surface area (Å²) in [5.41, 5.74) is 9.40. The fourth-order valence-corrected chi connectivity index (χ4v) is 4.76. The first-order valence-corrected chi connectivity index (χ1v) is 11.2. The largest absolute Gasteiger partial charge is 0.384 e. The number of hydrogen-bond acceptors (Lipinski definition) is 4. The third kappa shape index (κ3) is 3.52. The highest BCUT2D eigenvalue weighted by molar-refractivity contribution is 5.96. The van der Waals surface area contributed by atoms with Crippen LogP contribution in [0.15, 0.2) is 60.9 Å². The standard InChI is InChI=1S/C26H25N5O/c32-25-16-31(10-9-28-25)15-17-1-3-18(4-2-17)21-12-22-23(14-30-26(22)29-13-21)19-5-6-24-20(11-19)7-8-27-24/h1-6,11-14,27H,7-10,15-16H2,(H,28,32)(H,29,30). The molecule has 1 saturated heterocycles. The van der Waals surface area contributed by atoms with Crippen LogP contribution in [0, 0.1) is 0 Å². The van der Waals surface area contributed by atoms with Crippen LogP contribution in [0.3, 0.4) is 0 Å². The molecule has 3 N–H and O–H groups in total. The number of benzene rings is 2. The van der Waals surface area contributed by atoms with Gasteiger partial charge in [-0.25, -0.2) is 4.98 Å². The molecular formula is C26H25N5O. The summed E-state index contributed by atoms with van der Waals surface area (Å²) in [7, 11) is 0. The molecule has 160 valence electrons. The average molecular weight is 424 g/mol. The van der Waals surface area contributed by atoms with Gasteiger partial charge in [0.05, 0.1) is 6.54 Å². The lowest BCUT2D eigenvalue weighted by Crippen LogP contribution is -2.47. The van der Waals surface area contributed by atoms with Crippen LogP contribution in [0.2, 0.25) is 0 Å². The molecule has 0 bridgehead atoms. The van der Waals surface area contributed by atoms with E-state index < -0.39 is 0 Å². The number of anilines is 1. The molecule has 0 spiro atoms. The van der Waals surface area contributed by atoms with Gasteiger partial charge in [0.25, 0.3) is 0 Å². The van der Waals surface area contributed by atoms with E-state index in [4.69, 9.17) is 0 Å². The first-order chi connectivity index (χ1) is 15.7. The van der Waals surface area contributed by atoms with Gasteiger partial charge in [0.2, 0.25) is 5.91 Å². The molecular weight excluding hydrogens is 398 g/mol. The Labute approximate surface area is 186 Å². The highest BCUT2D eigenvalue weighted by Crippen LogP contribution is 2.34. The number of nitrogens with zero attached hydrogens (tertiary/aromatic N) is 2. The molecule has 1 fully saturated rings. The molecule has 2 aromatic carbocycles. The number of pyridine rings is 1. The normalized spacial score (nSPS) is 16.1. The van der Waals surface area contributed by atoms with Gasteiger partial charge in [-0.1, -0.05) is 30.3 Å². The maximum absolute atomic E-state index is 11.6. The molecule has 4 aromatic rings. The van der Waals surface area contributed by atoms with E-state index in [2.05, 4.69) is 80.2 Å². The topological polar surface area (TPSA) is 73.0 Å². The van der Waals surface area contributed by atoms with Crippen molar-refractivity contribution >= 4 is 22.6 Å². The molecule has 0 aliphatic carbocycles. The molecule has 32 heavy (non-hydrogen) atoms. The van der Waals surface area contributed by atoms with Crippen LogP contribution in [0.25, 0.3) is 33.3 Å². The number of aromatic nitrogens is 2. The summed E-state index contributed by atoms with van der Waals surface area (Å²) < 4.78 is 0. The van der Waals surface area contributed by atoms with E-state index in [1.807, 2.05) is 6.20 Å². The summed E-state index contributed by atoms with van der Waals surface area (Å²) in [6, 6.07) is 17.5. The van der Waals surface area contributed by atoms with Crippen LogP contribution >= 0.6 is 0 Å². The van der Waals surface area contributed by atoms with E-state index in [1.165, 1.54) is 27.9 Å². The van der Waals surface area contributed by atoms with Crippen LogP contribution < -0.4 is 10.6 Å². The summed E-state index contributed by atoms with van der Waals surface area (Å²) >= 11 is 0. The zero-order valence-corrected chi connectivity index (χ0v) is 17.8. The summed E-state index contributed by atoms with van der Waals surface area (Å²) in [5, 5.41) is 7.44. The van der Waals surface area contributed by atoms with Gasteiger partial charge >= 0.3 is 0 Å². The summed E-state index contributed by atoms with van der Waals surface area (Å²) in [5.74, 6) is 0.106. The first kappa shape index (κ1) is 19.1. The molecule has 4 heterocycles. The van der Waals surface area contributed by atoms with Crippen LogP contribution in [0.1, 0.15) is 11.1 Å². The minimum atomic E-state index is 0.106. The number of H-pyrrole nitrogens is 1.